The maximum Gasteiger partial charge on any atom is 0.220 e. The summed E-state index contributed by atoms with van der Waals surface area (Å²) >= 11 is 0. The second kappa shape index (κ2) is 55.9. The van der Waals surface area contributed by atoms with E-state index in [9.17, 15) is 15.0 Å². The number of carbonyl (C=O) groups is 1. The van der Waals surface area contributed by atoms with Crippen LogP contribution in [-0.2, 0) is 4.79 Å². The van der Waals surface area contributed by atoms with E-state index in [1.54, 1.807) is 6.08 Å². The molecule has 376 valence electrons. The summed E-state index contributed by atoms with van der Waals surface area (Å²) in [4.78, 5) is 12.5. The van der Waals surface area contributed by atoms with Crippen LogP contribution in [0.4, 0.5) is 0 Å². The fourth-order valence-corrected chi connectivity index (χ4v) is 8.36. The Morgan fingerprint density at radius 3 is 1.02 bits per heavy atom. The van der Waals surface area contributed by atoms with Crippen LogP contribution in [-0.4, -0.2) is 34.9 Å². The summed E-state index contributed by atoms with van der Waals surface area (Å²) in [6.45, 7) is 4.20. The second-order valence-corrected chi connectivity index (χ2v) is 19.0. The molecule has 0 aromatic carbocycles. The monoisotopic (exact) mass is 904 g/mol. The average Bonchev–Trinajstić information content (AvgIpc) is 3.31. The molecule has 3 N–H and O–H groups in total. The zero-order chi connectivity index (χ0) is 47.0. The van der Waals surface area contributed by atoms with Crippen LogP contribution in [0.15, 0.2) is 85.1 Å². The van der Waals surface area contributed by atoms with Crippen LogP contribution >= 0.6 is 0 Å². The van der Waals surface area contributed by atoms with Crippen molar-refractivity contribution in [2.24, 2.45) is 0 Å². The number of allylic oxidation sites excluding steroid dienone is 13. The van der Waals surface area contributed by atoms with Crippen molar-refractivity contribution in [3.63, 3.8) is 0 Å². The van der Waals surface area contributed by atoms with E-state index in [-0.39, 0.29) is 12.5 Å². The Balaban J connectivity index is 3.55. The molecule has 0 saturated heterocycles. The highest BCUT2D eigenvalue weighted by Crippen LogP contribution is 2.17. The van der Waals surface area contributed by atoms with Crippen LogP contribution in [0, 0.1) is 0 Å². The quantitative estimate of drug-likeness (QED) is 0.0421. The zero-order valence-electron chi connectivity index (χ0n) is 43.2. The fraction of sp³-hybridized carbons (Fsp3) is 0.754. The predicted molar refractivity (Wildman–Crippen MR) is 290 cm³/mol. The lowest BCUT2D eigenvalue weighted by molar-refractivity contribution is -0.123. The maximum atomic E-state index is 12.5. The van der Waals surface area contributed by atoms with Gasteiger partial charge < -0.3 is 15.5 Å². The largest absolute Gasteiger partial charge is 0.394 e. The first-order valence-corrected chi connectivity index (χ1v) is 28.3. The number of hydrogen-bond acceptors (Lipinski definition) is 3. The van der Waals surface area contributed by atoms with Gasteiger partial charge in [0.2, 0.25) is 5.91 Å². The summed E-state index contributed by atoms with van der Waals surface area (Å²) in [5.74, 6) is -0.0887. The molecule has 0 bridgehead atoms. The molecule has 0 aromatic rings. The molecule has 65 heavy (non-hydrogen) atoms. The van der Waals surface area contributed by atoms with Crippen molar-refractivity contribution < 1.29 is 15.0 Å². The molecule has 4 nitrogen and oxygen atoms in total. The third-order valence-electron chi connectivity index (χ3n) is 12.6. The zero-order valence-corrected chi connectivity index (χ0v) is 43.2. The summed E-state index contributed by atoms with van der Waals surface area (Å²) in [6.07, 6.45) is 81.7. The Labute approximate surface area is 405 Å². The van der Waals surface area contributed by atoms with Gasteiger partial charge >= 0.3 is 0 Å². The van der Waals surface area contributed by atoms with Gasteiger partial charge in [-0.3, -0.25) is 4.79 Å². The molecular weight excluding hydrogens is 795 g/mol. The molecule has 0 heterocycles. The molecule has 0 fully saturated rings. The van der Waals surface area contributed by atoms with Gasteiger partial charge in [-0.1, -0.05) is 285 Å². The summed E-state index contributed by atoms with van der Waals surface area (Å²) in [6, 6.07) is -0.643. The topological polar surface area (TPSA) is 69.6 Å². The van der Waals surface area contributed by atoms with Gasteiger partial charge in [0.25, 0.3) is 0 Å². The van der Waals surface area contributed by atoms with Crippen LogP contribution in [0.2, 0.25) is 0 Å². The standard InChI is InChI=1S/C61H109NO3/c1-3-5-7-9-11-13-15-17-19-21-23-25-27-28-29-30-31-32-33-35-36-38-40-42-44-46-48-50-52-54-56-60(64)59(58-63)62-61(65)57-55-53-51-49-47-45-43-41-39-37-34-26-24-22-20-18-16-14-12-10-8-6-4-2/h6,8,12,14,18,20,24,26,37,39,43,45,54,56,59-60,63-64H,3-5,7,9-11,13,15-17,19,21-23,25,27-36,38,40-42,44,46-53,55,57-58H2,1-2H3,(H,62,65)/b8-6-,14-12-,20-18-,26-24-,39-37-,45-43-,56-54+. The van der Waals surface area contributed by atoms with Gasteiger partial charge in [-0.25, -0.2) is 0 Å². The first kappa shape index (κ1) is 62.6. The Morgan fingerprint density at radius 2 is 0.677 bits per heavy atom. The minimum absolute atomic E-state index is 0.0887. The molecule has 0 aliphatic heterocycles. The Kier molecular flexibility index (Phi) is 53.8. The molecule has 0 aromatic heterocycles. The number of amides is 1. The van der Waals surface area contributed by atoms with E-state index >= 15 is 0 Å². The van der Waals surface area contributed by atoms with Crippen molar-refractivity contribution in [3.05, 3.63) is 85.1 Å². The minimum Gasteiger partial charge on any atom is -0.394 e. The molecule has 2 unspecified atom stereocenters. The number of carbonyl (C=O) groups excluding carboxylic acids is 1. The van der Waals surface area contributed by atoms with Crippen LogP contribution in [0.3, 0.4) is 0 Å². The predicted octanol–water partition coefficient (Wildman–Crippen LogP) is 18.8. The van der Waals surface area contributed by atoms with E-state index in [4.69, 9.17) is 0 Å². The van der Waals surface area contributed by atoms with E-state index in [0.717, 1.165) is 83.5 Å². The molecular formula is C61H109NO3. The van der Waals surface area contributed by atoms with Crippen molar-refractivity contribution >= 4 is 5.91 Å². The lowest BCUT2D eigenvalue weighted by atomic mass is 10.0. The molecule has 2 atom stereocenters. The van der Waals surface area contributed by atoms with Crippen LogP contribution in [0.25, 0.3) is 0 Å². The van der Waals surface area contributed by atoms with Gasteiger partial charge in [-0.2, -0.15) is 0 Å². The van der Waals surface area contributed by atoms with Crippen LogP contribution in [0.1, 0.15) is 277 Å². The highest BCUT2D eigenvalue weighted by molar-refractivity contribution is 5.76. The number of aliphatic hydroxyl groups is 2. The second-order valence-electron chi connectivity index (χ2n) is 19.0. The van der Waals surface area contributed by atoms with Crippen LogP contribution in [0.5, 0.6) is 0 Å². The smallest absolute Gasteiger partial charge is 0.220 e. The molecule has 4 heteroatoms. The summed E-state index contributed by atoms with van der Waals surface area (Å²) < 4.78 is 0. The SMILES string of the molecule is CC/C=C\C/C=C\C/C=C\C/C=C\C/C=C\C/C=C\CCCCCCC(=O)NC(CO)C(O)/C=C/CCCCCCCCCCCCCCCCCCCCCCCCCCCCCC. The van der Waals surface area contributed by atoms with Gasteiger partial charge in [0.15, 0.2) is 0 Å². The number of aliphatic hydroxyl groups excluding tert-OH is 2. The van der Waals surface area contributed by atoms with E-state index in [1.807, 2.05) is 6.08 Å². The van der Waals surface area contributed by atoms with Crippen molar-refractivity contribution in [2.75, 3.05) is 6.61 Å². The average molecular weight is 905 g/mol. The highest BCUT2D eigenvalue weighted by Gasteiger charge is 2.18. The van der Waals surface area contributed by atoms with Gasteiger partial charge in [-0.15, -0.1) is 0 Å². The number of hydrogen-bond donors (Lipinski definition) is 3. The van der Waals surface area contributed by atoms with E-state index in [2.05, 4.69) is 92.1 Å². The lowest BCUT2D eigenvalue weighted by Gasteiger charge is -2.20. The van der Waals surface area contributed by atoms with E-state index in [1.165, 1.54) is 173 Å². The normalized spacial score (nSPS) is 13.5. The summed E-state index contributed by atoms with van der Waals surface area (Å²) in [5, 5.41) is 23.2. The fourth-order valence-electron chi connectivity index (χ4n) is 8.36. The van der Waals surface area contributed by atoms with Gasteiger partial charge in [0.05, 0.1) is 18.8 Å². The van der Waals surface area contributed by atoms with Crippen LogP contribution < -0.4 is 5.32 Å². The van der Waals surface area contributed by atoms with Crippen molar-refractivity contribution in [1.82, 2.24) is 5.32 Å². The molecule has 0 radical (unpaired) electrons. The molecule has 0 saturated carbocycles. The first-order valence-electron chi connectivity index (χ1n) is 28.3. The third kappa shape index (κ3) is 52.4. The first-order chi connectivity index (χ1) is 32.2. The highest BCUT2D eigenvalue weighted by atomic mass is 16.3. The van der Waals surface area contributed by atoms with Crippen molar-refractivity contribution in [2.45, 2.75) is 289 Å². The van der Waals surface area contributed by atoms with Gasteiger partial charge in [-0.05, 0) is 70.6 Å². The van der Waals surface area contributed by atoms with Crippen molar-refractivity contribution in [1.29, 1.82) is 0 Å². The van der Waals surface area contributed by atoms with Gasteiger partial charge in [0, 0.05) is 6.42 Å². The third-order valence-corrected chi connectivity index (χ3v) is 12.6. The summed E-state index contributed by atoms with van der Waals surface area (Å²) in [5.41, 5.74) is 0. The lowest BCUT2D eigenvalue weighted by Crippen LogP contribution is -2.45. The molecule has 0 aliphatic rings. The Morgan fingerprint density at radius 1 is 0.385 bits per heavy atom. The maximum absolute atomic E-state index is 12.5. The Hall–Kier alpha value is -2.43. The van der Waals surface area contributed by atoms with E-state index in [0.29, 0.717) is 6.42 Å². The van der Waals surface area contributed by atoms with Crippen molar-refractivity contribution in [3.8, 4) is 0 Å². The Bertz CT molecular complexity index is 1160. The number of nitrogens with one attached hydrogen (secondary N) is 1. The number of unbranched alkanes of at least 4 members (excludes halogenated alkanes) is 32. The minimum atomic E-state index is -0.857. The number of rotatable bonds is 51. The summed E-state index contributed by atoms with van der Waals surface area (Å²) in [7, 11) is 0. The van der Waals surface area contributed by atoms with Gasteiger partial charge in [0.1, 0.15) is 0 Å². The molecule has 0 spiro atoms. The molecule has 1 amide bonds. The molecule has 0 rings (SSSR count). The van der Waals surface area contributed by atoms with E-state index < -0.39 is 12.1 Å². The molecule has 0 aliphatic carbocycles.